The van der Waals surface area contributed by atoms with Crippen molar-refractivity contribution in [3.63, 3.8) is 0 Å². The number of aromatic nitrogens is 2. The van der Waals surface area contributed by atoms with E-state index >= 15 is 0 Å². The minimum atomic E-state index is -0.269. The Bertz CT molecular complexity index is 875. The Balaban J connectivity index is 1.84. The molecular formula is C18H17N3O2S. The Morgan fingerprint density at radius 1 is 1.25 bits per heavy atom. The van der Waals surface area contributed by atoms with Gasteiger partial charge in [-0.2, -0.15) is 0 Å². The zero-order chi connectivity index (χ0) is 17.1. The van der Waals surface area contributed by atoms with E-state index in [0.717, 1.165) is 28.1 Å². The zero-order valence-electron chi connectivity index (χ0n) is 13.7. The van der Waals surface area contributed by atoms with Crippen LogP contribution in [0.15, 0.2) is 41.9 Å². The number of aryl methyl sites for hydroxylation is 1. The number of carbonyl (C=O) groups is 1. The van der Waals surface area contributed by atoms with Crippen LogP contribution in [0.1, 0.15) is 21.6 Å². The number of anilines is 1. The van der Waals surface area contributed by atoms with Crippen LogP contribution in [0.3, 0.4) is 0 Å². The lowest BCUT2D eigenvalue weighted by Gasteiger charge is -2.09. The molecule has 0 saturated carbocycles. The summed E-state index contributed by atoms with van der Waals surface area (Å²) in [5, 5.41) is 5.23. The first kappa shape index (κ1) is 16.1. The number of ether oxygens (including phenoxy) is 1. The first-order valence-corrected chi connectivity index (χ1v) is 8.30. The Kier molecular flexibility index (Phi) is 4.57. The van der Waals surface area contributed by atoms with Gasteiger partial charge in [0.25, 0.3) is 5.91 Å². The SMILES string of the molecule is COc1cc(-c2csc(NC(=O)c3ccccn3)n2)cc(C)c1C. The highest BCUT2D eigenvalue weighted by Gasteiger charge is 2.12. The molecule has 0 aliphatic rings. The molecule has 1 N–H and O–H groups in total. The Morgan fingerprint density at radius 2 is 2.08 bits per heavy atom. The lowest BCUT2D eigenvalue weighted by molar-refractivity contribution is 0.102. The van der Waals surface area contributed by atoms with E-state index in [4.69, 9.17) is 4.74 Å². The molecule has 0 spiro atoms. The van der Waals surface area contributed by atoms with Crippen molar-refractivity contribution in [1.29, 1.82) is 0 Å². The second-order valence-electron chi connectivity index (χ2n) is 5.33. The van der Waals surface area contributed by atoms with Crippen molar-refractivity contribution in [2.45, 2.75) is 13.8 Å². The summed E-state index contributed by atoms with van der Waals surface area (Å²) in [7, 11) is 1.66. The Labute approximate surface area is 144 Å². The lowest BCUT2D eigenvalue weighted by atomic mass is 10.0. The molecule has 122 valence electrons. The van der Waals surface area contributed by atoms with Crippen molar-refractivity contribution < 1.29 is 9.53 Å². The maximum Gasteiger partial charge on any atom is 0.276 e. The second-order valence-corrected chi connectivity index (χ2v) is 6.19. The van der Waals surface area contributed by atoms with Gasteiger partial charge in [-0.3, -0.25) is 15.1 Å². The molecule has 0 aliphatic heterocycles. The number of nitrogens with one attached hydrogen (secondary N) is 1. The van der Waals surface area contributed by atoms with E-state index in [2.05, 4.69) is 21.4 Å². The van der Waals surface area contributed by atoms with Crippen molar-refractivity contribution in [2.24, 2.45) is 0 Å². The third-order valence-electron chi connectivity index (χ3n) is 3.76. The highest BCUT2D eigenvalue weighted by molar-refractivity contribution is 7.14. The minimum Gasteiger partial charge on any atom is -0.496 e. The maximum atomic E-state index is 12.1. The fourth-order valence-corrected chi connectivity index (χ4v) is 3.02. The van der Waals surface area contributed by atoms with E-state index in [9.17, 15) is 4.79 Å². The number of thiazole rings is 1. The molecule has 5 nitrogen and oxygen atoms in total. The van der Waals surface area contributed by atoms with Crippen LogP contribution in [-0.4, -0.2) is 23.0 Å². The first-order valence-electron chi connectivity index (χ1n) is 7.42. The predicted molar refractivity (Wildman–Crippen MR) is 95.8 cm³/mol. The average Bonchev–Trinajstić information content (AvgIpc) is 3.06. The van der Waals surface area contributed by atoms with Gasteiger partial charge in [0.15, 0.2) is 5.13 Å². The molecule has 0 atom stereocenters. The zero-order valence-corrected chi connectivity index (χ0v) is 14.5. The quantitative estimate of drug-likeness (QED) is 0.778. The largest absolute Gasteiger partial charge is 0.496 e. The highest BCUT2D eigenvalue weighted by atomic mass is 32.1. The fourth-order valence-electron chi connectivity index (χ4n) is 2.31. The highest BCUT2D eigenvalue weighted by Crippen LogP contribution is 2.31. The topological polar surface area (TPSA) is 64.1 Å². The van der Waals surface area contributed by atoms with Crippen LogP contribution < -0.4 is 10.1 Å². The summed E-state index contributed by atoms with van der Waals surface area (Å²) in [6, 6.07) is 9.24. The molecule has 1 aromatic carbocycles. The standard InChI is InChI=1S/C18H17N3O2S/c1-11-8-13(9-16(23-3)12(11)2)15-10-24-18(20-15)21-17(22)14-6-4-5-7-19-14/h4-10H,1-3H3,(H,20,21,22). The average molecular weight is 339 g/mol. The van der Waals surface area contributed by atoms with Crippen molar-refractivity contribution in [1.82, 2.24) is 9.97 Å². The van der Waals surface area contributed by atoms with Crippen LogP contribution in [0.4, 0.5) is 5.13 Å². The van der Waals surface area contributed by atoms with Gasteiger partial charge in [0, 0.05) is 17.1 Å². The van der Waals surface area contributed by atoms with Gasteiger partial charge in [-0.1, -0.05) is 6.07 Å². The molecule has 0 fully saturated rings. The van der Waals surface area contributed by atoms with Gasteiger partial charge >= 0.3 is 0 Å². The van der Waals surface area contributed by atoms with E-state index in [1.807, 2.05) is 25.3 Å². The van der Waals surface area contributed by atoms with Crippen LogP contribution in [0, 0.1) is 13.8 Å². The van der Waals surface area contributed by atoms with Crippen LogP contribution in [0.25, 0.3) is 11.3 Å². The van der Waals surface area contributed by atoms with Gasteiger partial charge in [0.1, 0.15) is 11.4 Å². The van der Waals surface area contributed by atoms with E-state index in [0.29, 0.717) is 10.8 Å². The van der Waals surface area contributed by atoms with E-state index in [1.165, 1.54) is 11.3 Å². The number of hydrogen-bond acceptors (Lipinski definition) is 5. The van der Waals surface area contributed by atoms with Crippen molar-refractivity contribution in [3.8, 4) is 17.0 Å². The number of carbonyl (C=O) groups excluding carboxylic acids is 1. The van der Waals surface area contributed by atoms with Gasteiger partial charge < -0.3 is 4.74 Å². The van der Waals surface area contributed by atoms with Gasteiger partial charge in [-0.25, -0.2) is 4.98 Å². The number of hydrogen-bond donors (Lipinski definition) is 1. The molecule has 0 aliphatic carbocycles. The molecular weight excluding hydrogens is 322 g/mol. The lowest BCUT2D eigenvalue weighted by Crippen LogP contribution is -2.13. The van der Waals surface area contributed by atoms with Gasteiger partial charge in [-0.15, -0.1) is 11.3 Å². The van der Waals surface area contributed by atoms with Crippen molar-refractivity contribution in [2.75, 3.05) is 12.4 Å². The van der Waals surface area contributed by atoms with Crippen LogP contribution in [0.5, 0.6) is 5.75 Å². The third-order valence-corrected chi connectivity index (χ3v) is 4.52. The predicted octanol–water partition coefficient (Wildman–Crippen LogP) is 4.08. The molecule has 6 heteroatoms. The summed E-state index contributed by atoms with van der Waals surface area (Å²) in [5.74, 6) is 0.561. The van der Waals surface area contributed by atoms with Gasteiger partial charge in [-0.05, 0) is 49.2 Å². The van der Waals surface area contributed by atoms with Crippen molar-refractivity contribution in [3.05, 3.63) is 58.7 Å². The molecule has 3 aromatic rings. The molecule has 3 rings (SSSR count). The van der Waals surface area contributed by atoms with Crippen molar-refractivity contribution >= 4 is 22.4 Å². The second kappa shape index (κ2) is 6.80. The minimum absolute atomic E-state index is 0.269. The summed E-state index contributed by atoms with van der Waals surface area (Å²) in [4.78, 5) is 20.7. The summed E-state index contributed by atoms with van der Waals surface area (Å²) in [6.07, 6.45) is 1.59. The summed E-state index contributed by atoms with van der Waals surface area (Å²) < 4.78 is 5.41. The van der Waals surface area contributed by atoms with E-state index < -0.39 is 0 Å². The molecule has 1 amide bonds. The fraction of sp³-hybridized carbons (Fsp3) is 0.167. The Morgan fingerprint density at radius 3 is 2.79 bits per heavy atom. The molecule has 0 unspecified atom stereocenters. The molecule has 24 heavy (non-hydrogen) atoms. The van der Waals surface area contributed by atoms with Gasteiger partial charge in [0.2, 0.25) is 0 Å². The maximum absolute atomic E-state index is 12.1. The first-order chi connectivity index (χ1) is 11.6. The normalized spacial score (nSPS) is 10.5. The number of methoxy groups -OCH3 is 1. The third kappa shape index (κ3) is 3.28. The molecule has 0 saturated heterocycles. The van der Waals surface area contributed by atoms with Crippen LogP contribution in [0.2, 0.25) is 0 Å². The van der Waals surface area contributed by atoms with Crippen LogP contribution in [-0.2, 0) is 0 Å². The number of nitrogens with zero attached hydrogens (tertiary/aromatic N) is 2. The number of amides is 1. The molecule has 2 heterocycles. The summed E-state index contributed by atoms with van der Waals surface area (Å²) >= 11 is 1.38. The molecule has 0 bridgehead atoms. The molecule has 2 aromatic heterocycles. The smallest absolute Gasteiger partial charge is 0.276 e. The Hall–Kier alpha value is -2.73. The number of rotatable bonds is 4. The van der Waals surface area contributed by atoms with E-state index in [-0.39, 0.29) is 5.91 Å². The molecule has 0 radical (unpaired) electrons. The van der Waals surface area contributed by atoms with Crippen LogP contribution >= 0.6 is 11.3 Å². The summed E-state index contributed by atoms with van der Waals surface area (Å²) in [6.45, 7) is 4.06. The monoisotopic (exact) mass is 339 g/mol. The number of benzene rings is 1. The van der Waals surface area contributed by atoms with E-state index in [1.54, 1.807) is 31.5 Å². The van der Waals surface area contributed by atoms with Gasteiger partial charge in [0.05, 0.1) is 12.8 Å². The number of pyridine rings is 1. The summed E-state index contributed by atoms with van der Waals surface area (Å²) in [5.41, 5.74) is 4.38.